The van der Waals surface area contributed by atoms with Crippen LogP contribution in [0.4, 0.5) is 0 Å². The Morgan fingerprint density at radius 2 is 1.83 bits per heavy atom. The summed E-state index contributed by atoms with van der Waals surface area (Å²) in [6.45, 7) is 0. The van der Waals surface area contributed by atoms with Crippen LogP contribution in [0.2, 0.25) is 0 Å². The minimum absolute atomic E-state index is 0.271. The minimum atomic E-state index is -3.60. The number of hydrogen-bond donors (Lipinski definition) is 1. The Bertz CT molecular complexity index is 1070. The van der Waals surface area contributed by atoms with E-state index in [9.17, 15) is 8.42 Å². The van der Waals surface area contributed by atoms with Crippen LogP contribution >= 0.6 is 0 Å². The summed E-state index contributed by atoms with van der Waals surface area (Å²) in [5.74, 6) is 0.755. The van der Waals surface area contributed by atoms with Crippen LogP contribution in [0, 0.1) is 0 Å². The number of aromatic amines is 1. The Morgan fingerprint density at radius 1 is 1.00 bits per heavy atom. The van der Waals surface area contributed by atoms with E-state index in [1.54, 1.807) is 61.1 Å². The number of H-pyrrole nitrogens is 1. The number of aromatic nitrogens is 3. The summed E-state index contributed by atoms with van der Waals surface area (Å²) in [6.07, 6.45) is 5.02. The zero-order chi connectivity index (χ0) is 15.9. The SMILES string of the molecule is O=S(=O)(c1ccccc1)n1ccc2cc(-c3ncc[nH]3)ccc21. The fourth-order valence-electron chi connectivity index (χ4n) is 2.60. The van der Waals surface area contributed by atoms with Gasteiger partial charge in [-0.1, -0.05) is 18.2 Å². The normalized spacial score (nSPS) is 11.8. The zero-order valence-corrected chi connectivity index (χ0v) is 12.9. The molecule has 23 heavy (non-hydrogen) atoms. The summed E-state index contributed by atoms with van der Waals surface area (Å²) in [6, 6.07) is 15.8. The lowest BCUT2D eigenvalue weighted by Gasteiger charge is -2.07. The van der Waals surface area contributed by atoms with E-state index in [1.165, 1.54) is 3.97 Å². The molecule has 0 saturated heterocycles. The molecule has 2 aromatic carbocycles. The molecule has 114 valence electrons. The molecule has 0 saturated carbocycles. The van der Waals surface area contributed by atoms with E-state index in [0.29, 0.717) is 5.52 Å². The predicted octanol–water partition coefficient (Wildman–Crippen LogP) is 3.27. The van der Waals surface area contributed by atoms with Gasteiger partial charge in [0.1, 0.15) is 5.82 Å². The van der Waals surface area contributed by atoms with Crippen molar-refractivity contribution in [3.05, 3.63) is 73.2 Å². The van der Waals surface area contributed by atoms with E-state index < -0.39 is 10.0 Å². The average molecular weight is 323 g/mol. The third-order valence-corrected chi connectivity index (χ3v) is 5.43. The smallest absolute Gasteiger partial charge is 0.268 e. The van der Waals surface area contributed by atoms with Crippen LogP contribution in [-0.4, -0.2) is 22.4 Å². The first-order valence-corrected chi connectivity index (χ1v) is 8.52. The standard InChI is InChI=1S/C17H13N3O2S/c21-23(22,15-4-2-1-3-5-15)20-11-8-13-12-14(6-7-16(13)20)17-18-9-10-19-17/h1-12H,(H,18,19). The number of hydrogen-bond acceptors (Lipinski definition) is 3. The second kappa shape index (κ2) is 5.10. The summed E-state index contributed by atoms with van der Waals surface area (Å²) in [5, 5.41) is 0.846. The molecule has 1 N–H and O–H groups in total. The lowest BCUT2D eigenvalue weighted by atomic mass is 10.1. The van der Waals surface area contributed by atoms with E-state index in [-0.39, 0.29) is 4.90 Å². The van der Waals surface area contributed by atoms with Gasteiger partial charge in [-0.05, 0) is 36.4 Å². The molecular formula is C17H13N3O2S. The van der Waals surface area contributed by atoms with Gasteiger partial charge in [0.15, 0.2) is 0 Å². The highest BCUT2D eigenvalue weighted by Crippen LogP contribution is 2.26. The van der Waals surface area contributed by atoms with Gasteiger partial charge >= 0.3 is 0 Å². The molecule has 0 bridgehead atoms. The molecule has 0 spiro atoms. The van der Waals surface area contributed by atoms with E-state index in [2.05, 4.69) is 9.97 Å². The summed E-state index contributed by atoms with van der Waals surface area (Å²) in [4.78, 5) is 7.53. The third-order valence-electron chi connectivity index (χ3n) is 3.73. The number of nitrogens with one attached hydrogen (secondary N) is 1. The number of rotatable bonds is 3. The van der Waals surface area contributed by atoms with Crippen LogP contribution in [-0.2, 0) is 10.0 Å². The highest BCUT2D eigenvalue weighted by atomic mass is 32.2. The number of imidazole rings is 1. The van der Waals surface area contributed by atoms with Crippen LogP contribution in [0.5, 0.6) is 0 Å². The molecule has 0 aliphatic heterocycles. The van der Waals surface area contributed by atoms with Crippen molar-refractivity contribution in [2.24, 2.45) is 0 Å². The summed E-state index contributed by atoms with van der Waals surface area (Å²) in [5.41, 5.74) is 1.56. The van der Waals surface area contributed by atoms with Gasteiger partial charge in [0.05, 0.1) is 10.4 Å². The van der Waals surface area contributed by atoms with Crippen LogP contribution in [0.15, 0.2) is 78.1 Å². The van der Waals surface area contributed by atoms with Gasteiger partial charge < -0.3 is 4.98 Å². The van der Waals surface area contributed by atoms with E-state index in [1.807, 2.05) is 12.1 Å². The lowest BCUT2D eigenvalue weighted by Crippen LogP contribution is -2.11. The molecule has 0 fully saturated rings. The molecule has 2 aromatic heterocycles. The first kappa shape index (κ1) is 13.8. The minimum Gasteiger partial charge on any atom is -0.345 e. The Labute approximate surface area is 133 Å². The number of benzene rings is 2. The average Bonchev–Trinajstić information content (AvgIpc) is 3.25. The monoisotopic (exact) mass is 323 g/mol. The highest BCUT2D eigenvalue weighted by Gasteiger charge is 2.18. The molecule has 5 nitrogen and oxygen atoms in total. The van der Waals surface area contributed by atoms with Gasteiger partial charge in [-0.2, -0.15) is 0 Å². The molecule has 0 aliphatic rings. The van der Waals surface area contributed by atoms with Gasteiger partial charge in [0, 0.05) is 29.5 Å². The third kappa shape index (κ3) is 2.24. The molecule has 4 rings (SSSR count). The van der Waals surface area contributed by atoms with Gasteiger partial charge in [-0.3, -0.25) is 0 Å². The van der Waals surface area contributed by atoms with Gasteiger partial charge in [0.25, 0.3) is 10.0 Å². The number of fused-ring (bicyclic) bond motifs is 1. The lowest BCUT2D eigenvalue weighted by molar-refractivity contribution is 0.589. The van der Waals surface area contributed by atoms with E-state index in [0.717, 1.165) is 16.8 Å². The van der Waals surface area contributed by atoms with Crippen molar-refractivity contribution in [3.63, 3.8) is 0 Å². The van der Waals surface area contributed by atoms with Gasteiger partial charge in [0.2, 0.25) is 0 Å². The zero-order valence-electron chi connectivity index (χ0n) is 12.0. The Hall–Kier alpha value is -2.86. The first-order chi connectivity index (χ1) is 11.2. The predicted molar refractivity (Wildman–Crippen MR) is 88.5 cm³/mol. The highest BCUT2D eigenvalue weighted by molar-refractivity contribution is 7.90. The summed E-state index contributed by atoms with van der Waals surface area (Å²) < 4.78 is 26.8. The van der Waals surface area contributed by atoms with E-state index >= 15 is 0 Å². The molecule has 0 amide bonds. The molecule has 6 heteroatoms. The Kier molecular flexibility index (Phi) is 3.06. The molecule has 0 aliphatic carbocycles. The largest absolute Gasteiger partial charge is 0.345 e. The molecule has 4 aromatic rings. The van der Waals surface area contributed by atoms with Crippen molar-refractivity contribution >= 4 is 20.9 Å². The molecule has 0 radical (unpaired) electrons. The molecule has 0 atom stereocenters. The Balaban J connectivity index is 1.87. The first-order valence-electron chi connectivity index (χ1n) is 7.08. The maximum atomic E-state index is 12.8. The van der Waals surface area contributed by atoms with Crippen molar-refractivity contribution in [2.75, 3.05) is 0 Å². The van der Waals surface area contributed by atoms with Crippen LogP contribution in [0.3, 0.4) is 0 Å². The number of nitrogens with zero attached hydrogens (tertiary/aromatic N) is 2. The quantitative estimate of drug-likeness (QED) is 0.629. The molecule has 0 unspecified atom stereocenters. The summed E-state index contributed by atoms with van der Waals surface area (Å²) in [7, 11) is -3.60. The second-order valence-electron chi connectivity index (χ2n) is 5.14. The molecular weight excluding hydrogens is 310 g/mol. The van der Waals surface area contributed by atoms with Gasteiger partial charge in [-0.15, -0.1) is 0 Å². The fourth-order valence-corrected chi connectivity index (χ4v) is 3.98. The summed E-state index contributed by atoms with van der Waals surface area (Å²) >= 11 is 0. The molecule has 2 heterocycles. The van der Waals surface area contributed by atoms with Crippen molar-refractivity contribution in [1.82, 2.24) is 13.9 Å². The van der Waals surface area contributed by atoms with E-state index in [4.69, 9.17) is 0 Å². The topological polar surface area (TPSA) is 67.8 Å². The van der Waals surface area contributed by atoms with Crippen LogP contribution in [0.1, 0.15) is 0 Å². The van der Waals surface area contributed by atoms with Crippen molar-refractivity contribution in [1.29, 1.82) is 0 Å². The maximum absolute atomic E-state index is 12.8. The van der Waals surface area contributed by atoms with Crippen molar-refractivity contribution in [3.8, 4) is 11.4 Å². The maximum Gasteiger partial charge on any atom is 0.268 e. The van der Waals surface area contributed by atoms with Gasteiger partial charge in [-0.25, -0.2) is 17.4 Å². The Morgan fingerprint density at radius 3 is 2.57 bits per heavy atom. The fraction of sp³-hybridized carbons (Fsp3) is 0. The van der Waals surface area contributed by atoms with Crippen LogP contribution in [0.25, 0.3) is 22.3 Å². The van der Waals surface area contributed by atoms with Crippen molar-refractivity contribution in [2.45, 2.75) is 4.90 Å². The second-order valence-corrected chi connectivity index (χ2v) is 6.96. The van der Waals surface area contributed by atoms with Crippen LogP contribution < -0.4 is 0 Å². The van der Waals surface area contributed by atoms with Crippen molar-refractivity contribution < 1.29 is 8.42 Å².